The van der Waals surface area contributed by atoms with E-state index in [0.717, 1.165) is 30.9 Å². The van der Waals surface area contributed by atoms with Crippen LogP contribution in [0.25, 0.3) is 11.4 Å². The molecule has 0 spiro atoms. The lowest BCUT2D eigenvalue weighted by molar-refractivity contribution is 0.0980. The number of benzene rings is 1. The van der Waals surface area contributed by atoms with Crippen LogP contribution in [-0.4, -0.2) is 78.1 Å². The number of rotatable bonds is 5. The molecular formula is C25H30N8O3. The highest BCUT2D eigenvalue weighted by atomic mass is 16.5. The first-order valence-corrected chi connectivity index (χ1v) is 12.1. The quantitative estimate of drug-likeness (QED) is 0.556. The Hall–Kier alpha value is -3.83. The van der Waals surface area contributed by atoms with E-state index in [2.05, 4.69) is 32.3 Å². The lowest BCUT2D eigenvalue weighted by atomic mass is 10.2. The zero-order chi connectivity index (χ0) is 24.9. The number of anilines is 4. The molecule has 0 radical (unpaired) electrons. The number of carbonyl (C=O) groups excluding carboxylic acids is 1. The molecule has 2 aliphatic heterocycles. The Bertz CT molecular complexity index is 1200. The van der Waals surface area contributed by atoms with Crippen LogP contribution in [0, 0.1) is 6.92 Å². The van der Waals surface area contributed by atoms with E-state index in [1.807, 2.05) is 37.3 Å². The minimum Gasteiger partial charge on any atom is -0.378 e. The number of amides is 2. The zero-order valence-corrected chi connectivity index (χ0v) is 20.5. The van der Waals surface area contributed by atoms with Crippen molar-refractivity contribution in [2.45, 2.75) is 19.9 Å². The van der Waals surface area contributed by atoms with Crippen LogP contribution >= 0.6 is 0 Å². The van der Waals surface area contributed by atoms with E-state index in [1.165, 1.54) is 0 Å². The smallest absolute Gasteiger partial charge is 0.323 e. The lowest BCUT2D eigenvalue weighted by Crippen LogP contribution is -2.45. The van der Waals surface area contributed by atoms with E-state index in [0.29, 0.717) is 55.5 Å². The van der Waals surface area contributed by atoms with Crippen LogP contribution in [-0.2, 0) is 9.47 Å². The molecule has 2 saturated heterocycles. The Morgan fingerprint density at radius 2 is 1.64 bits per heavy atom. The second-order valence-electron chi connectivity index (χ2n) is 8.82. The summed E-state index contributed by atoms with van der Waals surface area (Å²) in [5, 5.41) is 5.67. The summed E-state index contributed by atoms with van der Waals surface area (Å²) in [5.41, 5.74) is 3.01. The summed E-state index contributed by atoms with van der Waals surface area (Å²) in [6, 6.07) is 10.9. The van der Waals surface area contributed by atoms with Crippen molar-refractivity contribution < 1.29 is 14.3 Å². The molecule has 2 amide bonds. The molecule has 36 heavy (non-hydrogen) atoms. The Balaban J connectivity index is 1.36. The molecule has 1 atom stereocenters. The Kier molecular flexibility index (Phi) is 7.19. The van der Waals surface area contributed by atoms with E-state index < -0.39 is 0 Å². The van der Waals surface area contributed by atoms with Gasteiger partial charge >= 0.3 is 6.03 Å². The third-order valence-corrected chi connectivity index (χ3v) is 6.09. The molecule has 0 unspecified atom stereocenters. The van der Waals surface area contributed by atoms with E-state index in [4.69, 9.17) is 24.4 Å². The molecule has 0 bridgehead atoms. The van der Waals surface area contributed by atoms with Crippen LogP contribution in [0.2, 0.25) is 0 Å². The minimum absolute atomic E-state index is 0.167. The van der Waals surface area contributed by atoms with Gasteiger partial charge in [0.15, 0.2) is 5.82 Å². The standard InChI is InChI=1S/C25H30N8O3/c1-17-15-21(7-8-26-17)28-25(34)27-20-5-3-19(4-6-20)22-29-23(32-9-12-35-13-10-32)31-24(30-22)33-11-14-36-16-18(33)2/h3-8,15,18H,9-14,16H2,1-2H3,(H2,26,27,28,34)/t18-/m0/s1. The number of urea groups is 1. The average Bonchev–Trinajstić information content (AvgIpc) is 2.89. The molecule has 3 aromatic rings. The molecule has 11 nitrogen and oxygen atoms in total. The maximum atomic E-state index is 12.4. The number of morpholine rings is 2. The first-order chi connectivity index (χ1) is 17.5. The van der Waals surface area contributed by atoms with Gasteiger partial charge in [-0.3, -0.25) is 4.98 Å². The van der Waals surface area contributed by atoms with Crippen LogP contribution in [0.15, 0.2) is 42.6 Å². The molecule has 2 fully saturated rings. The molecule has 2 N–H and O–H groups in total. The number of ether oxygens (including phenoxy) is 2. The van der Waals surface area contributed by atoms with Gasteiger partial charge in [-0.2, -0.15) is 15.0 Å². The van der Waals surface area contributed by atoms with Crippen molar-refractivity contribution in [3.05, 3.63) is 48.3 Å². The highest BCUT2D eigenvalue weighted by Gasteiger charge is 2.25. The number of aryl methyl sites for hydroxylation is 1. The van der Waals surface area contributed by atoms with Gasteiger partial charge in [-0.1, -0.05) is 0 Å². The first kappa shape index (κ1) is 23.9. The summed E-state index contributed by atoms with van der Waals surface area (Å²) in [7, 11) is 0. The summed E-state index contributed by atoms with van der Waals surface area (Å²) in [6.07, 6.45) is 1.66. The summed E-state index contributed by atoms with van der Waals surface area (Å²) in [5.74, 6) is 1.88. The highest BCUT2D eigenvalue weighted by molar-refractivity contribution is 5.99. The molecule has 1 aromatic carbocycles. The fourth-order valence-corrected chi connectivity index (χ4v) is 4.16. The molecule has 0 aliphatic carbocycles. The predicted octanol–water partition coefficient (Wildman–Crippen LogP) is 2.95. The normalized spacial score (nSPS) is 18.1. The maximum Gasteiger partial charge on any atom is 0.323 e. The van der Waals surface area contributed by atoms with Gasteiger partial charge in [-0.15, -0.1) is 0 Å². The monoisotopic (exact) mass is 490 g/mol. The number of hydrogen-bond donors (Lipinski definition) is 2. The topological polar surface area (TPSA) is 118 Å². The summed E-state index contributed by atoms with van der Waals surface area (Å²) < 4.78 is 11.1. The molecule has 4 heterocycles. The molecule has 188 valence electrons. The van der Waals surface area contributed by atoms with Crippen molar-refractivity contribution in [1.29, 1.82) is 0 Å². The largest absolute Gasteiger partial charge is 0.378 e. The minimum atomic E-state index is -0.327. The van der Waals surface area contributed by atoms with Gasteiger partial charge in [0.25, 0.3) is 0 Å². The fourth-order valence-electron chi connectivity index (χ4n) is 4.16. The van der Waals surface area contributed by atoms with Gasteiger partial charge in [-0.25, -0.2) is 4.79 Å². The van der Waals surface area contributed by atoms with Crippen LogP contribution in [0.4, 0.5) is 28.1 Å². The Labute approximate surface area is 209 Å². The van der Waals surface area contributed by atoms with Crippen LogP contribution in [0.5, 0.6) is 0 Å². The summed E-state index contributed by atoms with van der Waals surface area (Å²) in [6.45, 7) is 8.73. The molecular weight excluding hydrogens is 460 g/mol. The van der Waals surface area contributed by atoms with Gasteiger partial charge in [0, 0.05) is 48.5 Å². The SMILES string of the molecule is Cc1cc(NC(=O)Nc2ccc(-c3nc(N4CCOCC4)nc(N4CCOC[C@@H]4C)n3)cc2)ccn1. The highest BCUT2D eigenvalue weighted by Crippen LogP contribution is 2.25. The van der Waals surface area contributed by atoms with Gasteiger partial charge in [-0.05, 0) is 50.2 Å². The Morgan fingerprint density at radius 1 is 0.917 bits per heavy atom. The first-order valence-electron chi connectivity index (χ1n) is 12.1. The second kappa shape index (κ2) is 10.8. The van der Waals surface area contributed by atoms with Crippen molar-refractivity contribution in [2.75, 3.05) is 66.5 Å². The molecule has 2 aliphatic rings. The number of nitrogens with zero attached hydrogens (tertiary/aromatic N) is 6. The second-order valence-corrected chi connectivity index (χ2v) is 8.82. The lowest BCUT2D eigenvalue weighted by Gasteiger charge is -2.34. The van der Waals surface area contributed by atoms with Crippen molar-refractivity contribution in [3.63, 3.8) is 0 Å². The van der Waals surface area contributed by atoms with Gasteiger partial charge in [0.05, 0.1) is 32.5 Å². The predicted molar refractivity (Wildman–Crippen MR) is 138 cm³/mol. The number of aromatic nitrogens is 4. The average molecular weight is 491 g/mol. The number of pyridine rings is 1. The molecule has 5 rings (SSSR count). The van der Waals surface area contributed by atoms with E-state index >= 15 is 0 Å². The summed E-state index contributed by atoms with van der Waals surface area (Å²) in [4.78, 5) is 35.3. The van der Waals surface area contributed by atoms with Crippen LogP contribution in [0.1, 0.15) is 12.6 Å². The third kappa shape index (κ3) is 5.69. The zero-order valence-electron chi connectivity index (χ0n) is 20.5. The van der Waals surface area contributed by atoms with Gasteiger partial charge < -0.3 is 29.9 Å². The van der Waals surface area contributed by atoms with Crippen molar-refractivity contribution in [3.8, 4) is 11.4 Å². The maximum absolute atomic E-state index is 12.4. The van der Waals surface area contributed by atoms with Crippen LogP contribution < -0.4 is 20.4 Å². The fraction of sp³-hybridized carbons (Fsp3) is 0.400. The Morgan fingerprint density at radius 3 is 2.39 bits per heavy atom. The van der Waals surface area contributed by atoms with Gasteiger partial charge in [0.1, 0.15) is 0 Å². The number of nitrogens with one attached hydrogen (secondary N) is 2. The third-order valence-electron chi connectivity index (χ3n) is 6.09. The van der Waals surface area contributed by atoms with E-state index in [9.17, 15) is 4.79 Å². The molecule has 11 heteroatoms. The molecule has 2 aromatic heterocycles. The molecule has 0 saturated carbocycles. The number of hydrogen-bond acceptors (Lipinski definition) is 9. The van der Waals surface area contributed by atoms with Crippen molar-refractivity contribution in [1.82, 2.24) is 19.9 Å². The van der Waals surface area contributed by atoms with Crippen LogP contribution in [0.3, 0.4) is 0 Å². The van der Waals surface area contributed by atoms with E-state index in [-0.39, 0.29) is 12.1 Å². The van der Waals surface area contributed by atoms with Crippen molar-refractivity contribution in [2.24, 2.45) is 0 Å². The van der Waals surface area contributed by atoms with Gasteiger partial charge in [0.2, 0.25) is 11.9 Å². The number of carbonyl (C=O) groups is 1. The summed E-state index contributed by atoms with van der Waals surface area (Å²) >= 11 is 0. The van der Waals surface area contributed by atoms with Crippen molar-refractivity contribution >= 4 is 29.3 Å². The van der Waals surface area contributed by atoms with E-state index in [1.54, 1.807) is 12.3 Å².